The van der Waals surface area contributed by atoms with Crippen LogP contribution < -0.4 is 0 Å². The Bertz CT molecular complexity index is 616. The lowest BCUT2D eigenvalue weighted by atomic mass is 10.0. The topological polar surface area (TPSA) is 60.9 Å². The molecular formula is C16H19F3N2O3. The third-order valence-electron chi connectivity index (χ3n) is 4.13. The van der Waals surface area contributed by atoms with E-state index in [1.165, 1.54) is 35.9 Å². The van der Waals surface area contributed by atoms with Gasteiger partial charge in [-0.25, -0.2) is 0 Å². The first-order valence-corrected chi connectivity index (χ1v) is 7.46. The van der Waals surface area contributed by atoms with Crippen LogP contribution in [-0.2, 0) is 15.8 Å². The monoisotopic (exact) mass is 344 g/mol. The van der Waals surface area contributed by atoms with Gasteiger partial charge in [0.15, 0.2) is 0 Å². The van der Waals surface area contributed by atoms with Gasteiger partial charge in [-0.05, 0) is 24.1 Å². The smallest absolute Gasteiger partial charge is 0.391 e. The number of aliphatic hydroxyl groups excluding tert-OH is 1. The van der Waals surface area contributed by atoms with Crippen molar-refractivity contribution in [2.45, 2.75) is 31.7 Å². The molecule has 132 valence electrons. The van der Waals surface area contributed by atoms with Crippen LogP contribution in [0.5, 0.6) is 0 Å². The molecular weight excluding hydrogens is 325 g/mol. The molecule has 0 aliphatic carbocycles. The van der Waals surface area contributed by atoms with Gasteiger partial charge >= 0.3 is 6.18 Å². The number of halogens is 3. The molecule has 1 fully saturated rings. The summed E-state index contributed by atoms with van der Waals surface area (Å²) in [6.45, 7) is 1.29. The van der Waals surface area contributed by atoms with E-state index in [1.807, 2.05) is 0 Å². The number of carbonyl (C=O) groups excluding carboxylic acids is 2. The van der Waals surface area contributed by atoms with E-state index in [0.717, 1.165) is 12.1 Å². The molecule has 0 bridgehead atoms. The molecule has 1 aliphatic rings. The first-order valence-electron chi connectivity index (χ1n) is 7.46. The summed E-state index contributed by atoms with van der Waals surface area (Å²) in [6.07, 6.45) is -4.92. The number of β-amino-alcohol motifs (C(OH)–C–C–N with tert-alkyl or cyclic N) is 1. The van der Waals surface area contributed by atoms with Crippen molar-refractivity contribution in [2.24, 2.45) is 0 Å². The number of likely N-dealkylation sites (N-methyl/N-ethyl adjacent to an activating group) is 1. The van der Waals surface area contributed by atoms with E-state index >= 15 is 0 Å². The summed E-state index contributed by atoms with van der Waals surface area (Å²) in [5.41, 5.74) is -0.239. The Morgan fingerprint density at radius 1 is 1.29 bits per heavy atom. The van der Waals surface area contributed by atoms with Crippen molar-refractivity contribution in [1.82, 2.24) is 9.80 Å². The van der Waals surface area contributed by atoms with Crippen LogP contribution in [0.1, 0.15) is 30.5 Å². The van der Waals surface area contributed by atoms with Gasteiger partial charge in [-0.15, -0.1) is 0 Å². The average Bonchev–Trinajstić information content (AvgIpc) is 2.88. The molecule has 1 heterocycles. The Hall–Kier alpha value is -2.09. The maximum atomic E-state index is 12.6. The first kappa shape index (κ1) is 18.3. The standard InChI is InChI=1S/C16H19F3N2O3/c1-10(22)20(2)9-15(24)21-8-13(23)7-14(21)11-3-5-12(6-4-11)16(17,18)19/h3-6,13-14,23H,7-9H2,1-2H3. The van der Waals surface area contributed by atoms with Crippen molar-refractivity contribution in [3.63, 3.8) is 0 Å². The van der Waals surface area contributed by atoms with Crippen LogP contribution in [0, 0.1) is 0 Å². The number of amides is 2. The Morgan fingerprint density at radius 2 is 1.88 bits per heavy atom. The minimum atomic E-state index is -4.42. The number of benzene rings is 1. The molecule has 8 heteroatoms. The molecule has 1 aromatic rings. The van der Waals surface area contributed by atoms with Gasteiger partial charge in [0, 0.05) is 20.5 Å². The van der Waals surface area contributed by atoms with Crippen LogP contribution in [0.2, 0.25) is 0 Å². The van der Waals surface area contributed by atoms with Crippen LogP contribution in [0.3, 0.4) is 0 Å². The molecule has 0 aromatic heterocycles. The van der Waals surface area contributed by atoms with E-state index in [-0.39, 0.29) is 31.3 Å². The van der Waals surface area contributed by atoms with E-state index in [4.69, 9.17) is 0 Å². The highest BCUT2D eigenvalue weighted by Gasteiger charge is 2.36. The number of likely N-dealkylation sites (tertiary alicyclic amines) is 1. The van der Waals surface area contributed by atoms with Gasteiger partial charge in [0.1, 0.15) is 0 Å². The normalized spacial score (nSPS) is 21.0. The largest absolute Gasteiger partial charge is 0.416 e. The average molecular weight is 344 g/mol. The van der Waals surface area contributed by atoms with Gasteiger partial charge in [-0.1, -0.05) is 12.1 Å². The summed E-state index contributed by atoms with van der Waals surface area (Å²) >= 11 is 0. The second-order valence-electron chi connectivity index (χ2n) is 5.95. The molecule has 2 unspecified atom stereocenters. The second-order valence-corrected chi connectivity index (χ2v) is 5.95. The maximum absolute atomic E-state index is 12.6. The van der Waals surface area contributed by atoms with Crippen molar-refractivity contribution in [2.75, 3.05) is 20.1 Å². The number of nitrogens with zero attached hydrogens (tertiary/aromatic N) is 2. The van der Waals surface area contributed by atoms with Crippen LogP contribution in [0.4, 0.5) is 13.2 Å². The van der Waals surface area contributed by atoms with Crippen molar-refractivity contribution < 1.29 is 27.9 Å². The Balaban J connectivity index is 2.18. The molecule has 0 radical (unpaired) electrons. The maximum Gasteiger partial charge on any atom is 0.416 e. The fraction of sp³-hybridized carbons (Fsp3) is 0.500. The predicted octanol–water partition coefficient (Wildman–Crippen LogP) is 1.82. The molecule has 0 saturated carbocycles. The lowest BCUT2D eigenvalue weighted by molar-refractivity contribution is -0.139. The number of alkyl halides is 3. The van der Waals surface area contributed by atoms with Crippen molar-refractivity contribution in [1.29, 1.82) is 0 Å². The summed E-state index contributed by atoms with van der Waals surface area (Å²) in [6, 6.07) is 4.06. The summed E-state index contributed by atoms with van der Waals surface area (Å²) in [7, 11) is 1.49. The molecule has 2 rings (SSSR count). The summed E-state index contributed by atoms with van der Waals surface area (Å²) in [5.74, 6) is -0.622. The SMILES string of the molecule is CC(=O)N(C)CC(=O)N1CC(O)CC1c1ccc(C(F)(F)F)cc1. The van der Waals surface area contributed by atoms with Crippen LogP contribution in [0.15, 0.2) is 24.3 Å². The zero-order valence-electron chi connectivity index (χ0n) is 13.4. The molecule has 2 atom stereocenters. The molecule has 24 heavy (non-hydrogen) atoms. The van der Waals surface area contributed by atoms with Crippen molar-refractivity contribution in [3.05, 3.63) is 35.4 Å². The van der Waals surface area contributed by atoms with Gasteiger partial charge in [0.2, 0.25) is 11.8 Å². The molecule has 5 nitrogen and oxygen atoms in total. The van der Waals surface area contributed by atoms with E-state index in [0.29, 0.717) is 5.56 Å². The lowest BCUT2D eigenvalue weighted by Crippen LogP contribution is -2.40. The van der Waals surface area contributed by atoms with Gasteiger partial charge < -0.3 is 14.9 Å². The van der Waals surface area contributed by atoms with Crippen LogP contribution in [-0.4, -0.2) is 53.0 Å². The molecule has 2 amide bonds. The van der Waals surface area contributed by atoms with E-state index in [2.05, 4.69) is 0 Å². The molecule has 1 saturated heterocycles. The molecule has 1 aromatic carbocycles. The molecule has 1 N–H and O–H groups in total. The Labute approximate surface area is 137 Å². The fourth-order valence-electron chi connectivity index (χ4n) is 2.70. The van der Waals surface area contributed by atoms with E-state index < -0.39 is 23.9 Å². The Kier molecular flexibility index (Phi) is 5.17. The van der Waals surface area contributed by atoms with Crippen molar-refractivity contribution >= 4 is 11.8 Å². The predicted molar refractivity (Wildman–Crippen MR) is 79.8 cm³/mol. The molecule has 0 spiro atoms. The first-order chi connectivity index (χ1) is 11.1. The minimum absolute atomic E-state index is 0.0935. The summed E-state index contributed by atoms with van der Waals surface area (Å²) in [5, 5.41) is 9.85. The second kappa shape index (κ2) is 6.80. The van der Waals surface area contributed by atoms with Crippen LogP contribution in [0.25, 0.3) is 0 Å². The third-order valence-corrected chi connectivity index (χ3v) is 4.13. The van der Waals surface area contributed by atoms with E-state index in [9.17, 15) is 27.9 Å². The number of hydrogen-bond donors (Lipinski definition) is 1. The van der Waals surface area contributed by atoms with Gasteiger partial charge in [0.05, 0.1) is 24.3 Å². The van der Waals surface area contributed by atoms with Gasteiger partial charge in [-0.3, -0.25) is 9.59 Å². The quantitative estimate of drug-likeness (QED) is 0.910. The molecule has 1 aliphatic heterocycles. The summed E-state index contributed by atoms with van der Waals surface area (Å²) in [4.78, 5) is 26.3. The zero-order valence-corrected chi connectivity index (χ0v) is 13.4. The van der Waals surface area contributed by atoms with E-state index in [1.54, 1.807) is 0 Å². The zero-order chi connectivity index (χ0) is 18.1. The Morgan fingerprint density at radius 3 is 2.38 bits per heavy atom. The number of aliphatic hydroxyl groups is 1. The lowest BCUT2D eigenvalue weighted by Gasteiger charge is -2.27. The number of carbonyl (C=O) groups is 2. The minimum Gasteiger partial charge on any atom is -0.391 e. The highest BCUT2D eigenvalue weighted by atomic mass is 19.4. The summed E-state index contributed by atoms with van der Waals surface area (Å²) < 4.78 is 37.9. The number of hydrogen-bond acceptors (Lipinski definition) is 3. The number of rotatable bonds is 3. The van der Waals surface area contributed by atoms with Gasteiger partial charge in [-0.2, -0.15) is 13.2 Å². The third kappa shape index (κ3) is 4.05. The highest BCUT2D eigenvalue weighted by molar-refractivity contribution is 5.84. The highest BCUT2D eigenvalue weighted by Crippen LogP contribution is 2.35. The van der Waals surface area contributed by atoms with Gasteiger partial charge in [0.25, 0.3) is 0 Å². The fourth-order valence-corrected chi connectivity index (χ4v) is 2.70. The van der Waals surface area contributed by atoms with Crippen molar-refractivity contribution in [3.8, 4) is 0 Å². The van der Waals surface area contributed by atoms with Crippen LogP contribution >= 0.6 is 0 Å².